The quantitative estimate of drug-likeness (QED) is 0.777. The van der Waals surface area contributed by atoms with E-state index in [-0.39, 0.29) is 0 Å². The normalized spacial score (nSPS) is 10.6. The number of hydrogen-bond donors (Lipinski definition) is 1. The lowest BCUT2D eigenvalue weighted by atomic mass is 10.3. The summed E-state index contributed by atoms with van der Waals surface area (Å²) in [4.78, 5) is 4.18. The number of ether oxygens (including phenoxy) is 1. The number of aryl methyl sites for hydroxylation is 1. The maximum absolute atomic E-state index is 5.69. The third-order valence-electron chi connectivity index (χ3n) is 2.77. The molecular formula is C15H20N2O2. The molecule has 4 heteroatoms. The van der Waals surface area contributed by atoms with Crippen molar-refractivity contribution in [1.29, 1.82) is 0 Å². The molecule has 0 aliphatic heterocycles. The van der Waals surface area contributed by atoms with E-state index in [4.69, 9.17) is 9.15 Å². The zero-order valence-corrected chi connectivity index (χ0v) is 11.5. The Balaban J connectivity index is 1.85. The number of nitrogens with one attached hydrogen (secondary N) is 1. The van der Waals surface area contributed by atoms with Crippen LogP contribution in [0.15, 0.2) is 34.9 Å². The van der Waals surface area contributed by atoms with Crippen LogP contribution in [0, 0.1) is 6.92 Å². The predicted molar refractivity (Wildman–Crippen MR) is 74.0 cm³/mol. The number of furan rings is 1. The van der Waals surface area contributed by atoms with Crippen LogP contribution in [0.25, 0.3) is 0 Å². The minimum absolute atomic E-state index is 0.431. The van der Waals surface area contributed by atoms with Gasteiger partial charge in [-0.1, -0.05) is 6.92 Å². The van der Waals surface area contributed by atoms with Crippen LogP contribution in [0.1, 0.15) is 30.6 Å². The summed E-state index contributed by atoms with van der Waals surface area (Å²) in [5, 5.41) is 3.30. The van der Waals surface area contributed by atoms with Crippen molar-refractivity contribution in [2.24, 2.45) is 0 Å². The minimum Gasteiger partial charge on any atom is -0.484 e. The third kappa shape index (κ3) is 4.10. The Morgan fingerprint density at radius 2 is 2.11 bits per heavy atom. The fourth-order valence-corrected chi connectivity index (χ4v) is 1.75. The summed E-state index contributed by atoms with van der Waals surface area (Å²) in [6, 6.07) is 7.71. The van der Waals surface area contributed by atoms with Crippen molar-refractivity contribution in [3.8, 4) is 5.75 Å². The Bertz CT molecular complexity index is 508. The molecule has 0 aliphatic rings. The monoisotopic (exact) mass is 260 g/mol. The summed E-state index contributed by atoms with van der Waals surface area (Å²) < 4.78 is 11.4. The Kier molecular flexibility index (Phi) is 4.98. The van der Waals surface area contributed by atoms with Crippen molar-refractivity contribution in [3.63, 3.8) is 0 Å². The summed E-state index contributed by atoms with van der Waals surface area (Å²) >= 11 is 0. The fourth-order valence-electron chi connectivity index (χ4n) is 1.75. The predicted octanol–water partition coefficient (Wildman–Crippen LogP) is 3.06. The second-order valence-electron chi connectivity index (χ2n) is 4.42. The molecular weight excluding hydrogens is 240 g/mol. The van der Waals surface area contributed by atoms with Crippen molar-refractivity contribution in [2.45, 2.75) is 33.4 Å². The zero-order chi connectivity index (χ0) is 13.5. The number of hydrogen-bond acceptors (Lipinski definition) is 4. The first-order chi connectivity index (χ1) is 9.29. The molecule has 0 saturated heterocycles. The largest absolute Gasteiger partial charge is 0.484 e. The zero-order valence-electron chi connectivity index (χ0n) is 11.5. The molecule has 2 aromatic heterocycles. The topological polar surface area (TPSA) is 47.3 Å². The average Bonchev–Trinajstić information content (AvgIpc) is 2.86. The van der Waals surface area contributed by atoms with E-state index in [0.717, 1.165) is 42.5 Å². The second-order valence-corrected chi connectivity index (χ2v) is 4.42. The van der Waals surface area contributed by atoms with Gasteiger partial charge in [0.05, 0.1) is 12.2 Å². The van der Waals surface area contributed by atoms with Crippen LogP contribution in [0.2, 0.25) is 0 Å². The third-order valence-corrected chi connectivity index (χ3v) is 2.77. The van der Waals surface area contributed by atoms with Gasteiger partial charge >= 0.3 is 0 Å². The number of rotatable bonds is 7. The van der Waals surface area contributed by atoms with Crippen LogP contribution in [-0.2, 0) is 13.2 Å². The highest BCUT2D eigenvalue weighted by Gasteiger charge is 2.04. The Hall–Kier alpha value is -1.81. The molecule has 2 heterocycles. The van der Waals surface area contributed by atoms with E-state index in [1.54, 1.807) is 6.20 Å². The molecule has 0 radical (unpaired) electrons. The van der Waals surface area contributed by atoms with Gasteiger partial charge in [-0.15, -0.1) is 0 Å². The van der Waals surface area contributed by atoms with Crippen molar-refractivity contribution in [3.05, 3.63) is 47.7 Å². The molecule has 0 aromatic carbocycles. The van der Waals surface area contributed by atoms with Crippen LogP contribution >= 0.6 is 0 Å². The molecule has 0 fully saturated rings. The molecule has 0 amide bonds. The van der Waals surface area contributed by atoms with Gasteiger partial charge < -0.3 is 14.5 Å². The van der Waals surface area contributed by atoms with Crippen molar-refractivity contribution in [2.75, 3.05) is 6.54 Å². The van der Waals surface area contributed by atoms with Crippen molar-refractivity contribution < 1.29 is 9.15 Å². The highest BCUT2D eigenvalue weighted by molar-refractivity contribution is 5.25. The van der Waals surface area contributed by atoms with Gasteiger partial charge in [-0.2, -0.15) is 0 Å². The smallest absolute Gasteiger partial charge is 0.146 e. The Morgan fingerprint density at radius 1 is 1.26 bits per heavy atom. The molecule has 4 nitrogen and oxygen atoms in total. The van der Waals surface area contributed by atoms with E-state index < -0.39 is 0 Å². The second kappa shape index (κ2) is 6.95. The molecule has 0 saturated carbocycles. The fraction of sp³-hybridized carbons (Fsp3) is 0.400. The lowest BCUT2D eigenvalue weighted by Crippen LogP contribution is -2.13. The lowest BCUT2D eigenvalue weighted by molar-refractivity contribution is 0.262. The highest BCUT2D eigenvalue weighted by Crippen LogP contribution is 2.16. The molecule has 1 N–H and O–H groups in total. The number of nitrogens with zero attached hydrogens (tertiary/aromatic N) is 1. The van der Waals surface area contributed by atoms with Gasteiger partial charge in [-0.05, 0) is 44.2 Å². The summed E-state index contributed by atoms with van der Waals surface area (Å²) in [5.74, 6) is 2.57. The molecule has 0 spiro atoms. The molecule has 19 heavy (non-hydrogen) atoms. The van der Waals surface area contributed by atoms with Crippen LogP contribution < -0.4 is 10.1 Å². The summed E-state index contributed by atoms with van der Waals surface area (Å²) in [5.41, 5.74) is 0.888. The minimum atomic E-state index is 0.431. The van der Waals surface area contributed by atoms with Gasteiger partial charge in [0.25, 0.3) is 0 Å². The summed E-state index contributed by atoms with van der Waals surface area (Å²) in [6.45, 7) is 6.27. The molecule has 0 unspecified atom stereocenters. The number of pyridine rings is 1. The van der Waals surface area contributed by atoms with E-state index in [0.29, 0.717) is 6.61 Å². The van der Waals surface area contributed by atoms with Gasteiger partial charge in [0.15, 0.2) is 0 Å². The molecule has 2 aromatic rings. The standard InChI is InChI=1S/C15H20N2O2/c1-3-8-16-10-13-6-7-14(19-13)11-18-15-5-4-9-17-12(15)2/h4-7,9,16H,3,8,10-11H2,1-2H3. The Morgan fingerprint density at radius 3 is 2.89 bits per heavy atom. The molecule has 102 valence electrons. The van der Waals surface area contributed by atoms with E-state index in [9.17, 15) is 0 Å². The first-order valence-corrected chi connectivity index (χ1v) is 6.62. The van der Waals surface area contributed by atoms with Gasteiger partial charge in [0.1, 0.15) is 23.9 Å². The summed E-state index contributed by atoms with van der Waals surface area (Å²) in [6.07, 6.45) is 2.88. The SMILES string of the molecule is CCCNCc1ccc(COc2cccnc2C)o1. The van der Waals surface area contributed by atoms with Gasteiger partial charge in [0.2, 0.25) is 0 Å². The molecule has 0 bridgehead atoms. The Labute approximate surface area is 113 Å². The van der Waals surface area contributed by atoms with Crippen molar-refractivity contribution >= 4 is 0 Å². The van der Waals surface area contributed by atoms with E-state index in [1.165, 1.54) is 0 Å². The van der Waals surface area contributed by atoms with Gasteiger partial charge in [0, 0.05) is 6.20 Å². The first-order valence-electron chi connectivity index (χ1n) is 6.62. The van der Waals surface area contributed by atoms with Crippen LogP contribution in [-0.4, -0.2) is 11.5 Å². The van der Waals surface area contributed by atoms with E-state index in [2.05, 4.69) is 17.2 Å². The van der Waals surface area contributed by atoms with Gasteiger partial charge in [-0.3, -0.25) is 4.98 Å². The van der Waals surface area contributed by atoms with Crippen molar-refractivity contribution in [1.82, 2.24) is 10.3 Å². The molecule has 2 rings (SSSR count). The van der Waals surface area contributed by atoms with Crippen LogP contribution in [0.4, 0.5) is 0 Å². The van der Waals surface area contributed by atoms with Gasteiger partial charge in [-0.25, -0.2) is 0 Å². The van der Waals surface area contributed by atoms with Crippen LogP contribution in [0.3, 0.4) is 0 Å². The van der Waals surface area contributed by atoms with E-state index in [1.807, 2.05) is 31.2 Å². The molecule has 0 atom stereocenters. The maximum atomic E-state index is 5.69. The summed E-state index contributed by atoms with van der Waals surface area (Å²) in [7, 11) is 0. The maximum Gasteiger partial charge on any atom is 0.146 e. The van der Waals surface area contributed by atoms with E-state index >= 15 is 0 Å². The van der Waals surface area contributed by atoms with Crippen LogP contribution in [0.5, 0.6) is 5.75 Å². The highest BCUT2D eigenvalue weighted by atomic mass is 16.5. The molecule has 0 aliphatic carbocycles. The number of aromatic nitrogens is 1. The average molecular weight is 260 g/mol. The first kappa shape index (κ1) is 13.6. The lowest BCUT2D eigenvalue weighted by Gasteiger charge is -2.06.